The monoisotopic (exact) mass is 185 g/mol. The smallest absolute Gasteiger partial charge is 0.214 e. The molecule has 0 atom stereocenters. The van der Waals surface area contributed by atoms with Crippen LogP contribution in [0.5, 0.6) is 0 Å². The zero-order chi connectivity index (χ0) is 9.84. The summed E-state index contributed by atoms with van der Waals surface area (Å²) in [6.45, 7) is 4.40. The molecule has 0 saturated carbocycles. The third-order valence-electron chi connectivity index (χ3n) is 1.94. The van der Waals surface area contributed by atoms with Crippen LogP contribution < -0.4 is 5.73 Å². The van der Waals surface area contributed by atoms with E-state index in [1.54, 1.807) is 6.20 Å². The first-order valence-corrected chi connectivity index (χ1v) is 4.58. The van der Waals surface area contributed by atoms with Crippen LogP contribution in [0.2, 0.25) is 0 Å². The molecule has 1 rings (SSSR count). The molecule has 1 aromatic rings. The fraction of sp³-hybridized carbons (Fsp3) is 0.667. The van der Waals surface area contributed by atoms with Gasteiger partial charge in [0.05, 0.1) is 6.20 Å². The number of hydrogen-bond donors (Lipinski definition) is 1. The highest BCUT2D eigenvalue weighted by Gasteiger charge is 2.11. The van der Waals surface area contributed by atoms with E-state index >= 15 is 0 Å². The Hall–Kier alpha value is -0.900. The van der Waals surface area contributed by atoms with E-state index in [0.29, 0.717) is 18.5 Å². The summed E-state index contributed by atoms with van der Waals surface area (Å²) in [7, 11) is 0. The zero-order valence-corrected chi connectivity index (χ0v) is 8.13. The van der Waals surface area contributed by atoms with Gasteiger partial charge in [0.25, 0.3) is 0 Å². The Balaban J connectivity index is 2.74. The lowest BCUT2D eigenvalue weighted by Crippen LogP contribution is -2.07. The van der Waals surface area contributed by atoms with Crippen LogP contribution in [-0.2, 0) is 6.42 Å². The number of aryl methyl sites for hydroxylation is 1. The number of aromatic nitrogens is 2. The fourth-order valence-electron chi connectivity index (χ4n) is 1.20. The molecule has 0 aromatic carbocycles. The van der Waals surface area contributed by atoms with Gasteiger partial charge in [0.15, 0.2) is 0 Å². The highest BCUT2D eigenvalue weighted by molar-refractivity contribution is 5.07. The van der Waals surface area contributed by atoms with E-state index in [4.69, 9.17) is 5.73 Å². The predicted molar refractivity (Wildman–Crippen MR) is 49.9 cm³/mol. The normalized spacial score (nSPS) is 11.2. The Morgan fingerprint density at radius 3 is 2.77 bits per heavy atom. The van der Waals surface area contributed by atoms with Crippen molar-refractivity contribution in [3.8, 4) is 0 Å². The van der Waals surface area contributed by atoms with E-state index < -0.39 is 0 Å². The summed E-state index contributed by atoms with van der Waals surface area (Å²) in [6.07, 6.45) is 3.07. The second kappa shape index (κ2) is 4.37. The fourth-order valence-corrected chi connectivity index (χ4v) is 1.20. The minimum absolute atomic E-state index is 0.0756. The van der Waals surface area contributed by atoms with Crippen molar-refractivity contribution in [1.29, 1.82) is 0 Å². The molecule has 0 radical (unpaired) electrons. The molecule has 0 spiro atoms. The standard InChI is InChI=1S/C9H16FN3/c1-7(2)13-9(10)8(6-12-13)4-3-5-11/h6-7H,3-5,11H2,1-2H3. The van der Waals surface area contributed by atoms with Gasteiger partial charge in [-0.15, -0.1) is 0 Å². The third-order valence-corrected chi connectivity index (χ3v) is 1.94. The summed E-state index contributed by atoms with van der Waals surface area (Å²) in [6, 6.07) is 0.0756. The van der Waals surface area contributed by atoms with Gasteiger partial charge in [-0.2, -0.15) is 9.49 Å². The Kier molecular flexibility index (Phi) is 3.42. The van der Waals surface area contributed by atoms with Crippen molar-refractivity contribution in [2.24, 2.45) is 5.73 Å². The molecule has 0 bridgehead atoms. The van der Waals surface area contributed by atoms with E-state index in [0.717, 1.165) is 6.42 Å². The maximum Gasteiger partial charge on any atom is 0.214 e. The van der Waals surface area contributed by atoms with Gasteiger partial charge in [0.1, 0.15) is 0 Å². The van der Waals surface area contributed by atoms with Gasteiger partial charge >= 0.3 is 0 Å². The van der Waals surface area contributed by atoms with Gasteiger partial charge in [0.2, 0.25) is 5.95 Å². The lowest BCUT2D eigenvalue weighted by atomic mass is 10.2. The molecule has 0 unspecified atom stereocenters. The van der Waals surface area contributed by atoms with E-state index in [-0.39, 0.29) is 12.0 Å². The molecule has 0 aliphatic carbocycles. The van der Waals surface area contributed by atoms with Crippen molar-refractivity contribution in [3.63, 3.8) is 0 Å². The summed E-state index contributed by atoms with van der Waals surface area (Å²) < 4.78 is 14.9. The number of nitrogens with zero attached hydrogens (tertiary/aromatic N) is 2. The number of halogens is 1. The quantitative estimate of drug-likeness (QED) is 0.772. The molecule has 74 valence electrons. The van der Waals surface area contributed by atoms with Crippen molar-refractivity contribution in [3.05, 3.63) is 17.7 Å². The van der Waals surface area contributed by atoms with Gasteiger partial charge in [0, 0.05) is 11.6 Å². The van der Waals surface area contributed by atoms with Crippen molar-refractivity contribution < 1.29 is 4.39 Å². The second-order valence-electron chi connectivity index (χ2n) is 3.39. The first-order chi connectivity index (χ1) is 6.16. The van der Waals surface area contributed by atoms with Gasteiger partial charge in [-0.05, 0) is 33.2 Å². The van der Waals surface area contributed by atoms with Crippen molar-refractivity contribution in [2.75, 3.05) is 6.54 Å². The minimum Gasteiger partial charge on any atom is -0.330 e. The van der Waals surface area contributed by atoms with Crippen LogP contribution in [0.1, 0.15) is 31.9 Å². The summed E-state index contributed by atoms with van der Waals surface area (Å²) in [5, 5.41) is 3.97. The second-order valence-corrected chi connectivity index (χ2v) is 3.39. The summed E-state index contributed by atoms with van der Waals surface area (Å²) >= 11 is 0. The largest absolute Gasteiger partial charge is 0.330 e. The third kappa shape index (κ3) is 2.28. The molecule has 1 heterocycles. The average molecular weight is 185 g/mol. The van der Waals surface area contributed by atoms with Crippen LogP contribution in [0.4, 0.5) is 4.39 Å². The number of nitrogens with two attached hydrogens (primary N) is 1. The van der Waals surface area contributed by atoms with Crippen LogP contribution in [0, 0.1) is 5.95 Å². The topological polar surface area (TPSA) is 43.8 Å². The lowest BCUT2D eigenvalue weighted by molar-refractivity contribution is 0.411. The summed E-state index contributed by atoms with van der Waals surface area (Å²) in [5.41, 5.74) is 6.01. The molecule has 0 saturated heterocycles. The van der Waals surface area contributed by atoms with Crippen molar-refractivity contribution in [1.82, 2.24) is 9.78 Å². The first kappa shape index (κ1) is 10.2. The van der Waals surface area contributed by atoms with Crippen LogP contribution in [0.15, 0.2) is 6.20 Å². The van der Waals surface area contributed by atoms with Gasteiger partial charge in [-0.1, -0.05) is 0 Å². The first-order valence-electron chi connectivity index (χ1n) is 4.58. The Morgan fingerprint density at radius 1 is 1.62 bits per heavy atom. The highest BCUT2D eigenvalue weighted by atomic mass is 19.1. The van der Waals surface area contributed by atoms with Crippen molar-refractivity contribution in [2.45, 2.75) is 32.7 Å². The molecule has 3 nitrogen and oxygen atoms in total. The van der Waals surface area contributed by atoms with Gasteiger partial charge in [-0.3, -0.25) is 0 Å². The molecular weight excluding hydrogens is 169 g/mol. The number of rotatable bonds is 4. The van der Waals surface area contributed by atoms with Crippen LogP contribution in [0.3, 0.4) is 0 Å². The van der Waals surface area contributed by atoms with Crippen molar-refractivity contribution >= 4 is 0 Å². The summed E-state index contributed by atoms with van der Waals surface area (Å²) in [4.78, 5) is 0. The molecule has 4 heteroatoms. The average Bonchev–Trinajstić information content (AvgIpc) is 2.43. The summed E-state index contributed by atoms with van der Waals surface area (Å²) in [5.74, 6) is -0.219. The molecule has 0 fully saturated rings. The highest BCUT2D eigenvalue weighted by Crippen LogP contribution is 2.13. The molecule has 0 aliphatic heterocycles. The number of hydrogen-bond acceptors (Lipinski definition) is 2. The molecular formula is C9H16FN3. The van der Waals surface area contributed by atoms with Gasteiger partial charge < -0.3 is 5.73 Å². The Morgan fingerprint density at radius 2 is 2.31 bits per heavy atom. The van der Waals surface area contributed by atoms with E-state index in [2.05, 4.69) is 5.10 Å². The molecule has 1 aromatic heterocycles. The molecule has 0 aliphatic rings. The Labute approximate surface area is 77.7 Å². The molecule has 0 amide bonds. The van der Waals surface area contributed by atoms with Crippen LogP contribution >= 0.6 is 0 Å². The minimum atomic E-state index is -0.219. The van der Waals surface area contributed by atoms with E-state index in [1.165, 1.54) is 4.68 Å². The maximum atomic E-state index is 13.5. The maximum absolute atomic E-state index is 13.5. The van der Waals surface area contributed by atoms with Crippen LogP contribution in [0.25, 0.3) is 0 Å². The molecule has 2 N–H and O–H groups in total. The Bertz CT molecular complexity index is 268. The predicted octanol–water partition coefficient (Wildman–Crippen LogP) is 1.49. The van der Waals surface area contributed by atoms with E-state index in [1.807, 2.05) is 13.8 Å². The lowest BCUT2D eigenvalue weighted by Gasteiger charge is -2.05. The van der Waals surface area contributed by atoms with Gasteiger partial charge in [-0.25, -0.2) is 4.68 Å². The zero-order valence-electron chi connectivity index (χ0n) is 8.13. The van der Waals surface area contributed by atoms with Crippen LogP contribution in [-0.4, -0.2) is 16.3 Å². The van der Waals surface area contributed by atoms with E-state index in [9.17, 15) is 4.39 Å². The SMILES string of the molecule is CC(C)n1ncc(CCCN)c1F. The molecule has 13 heavy (non-hydrogen) atoms.